The van der Waals surface area contributed by atoms with Crippen LogP contribution in [0, 0.1) is 6.92 Å². The van der Waals surface area contributed by atoms with Gasteiger partial charge in [-0.05, 0) is 32.3 Å². The Bertz CT molecular complexity index is 448. The van der Waals surface area contributed by atoms with Gasteiger partial charge in [-0.2, -0.15) is 0 Å². The number of nitrogens with one attached hydrogen (secondary N) is 1. The molecule has 1 atom stereocenters. The van der Waals surface area contributed by atoms with Crippen molar-refractivity contribution in [1.82, 2.24) is 5.32 Å². The highest BCUT2D eigenvalue weighted by atomic mass is 16.3. The average molecular weight is 261 g/mol. The van der Waals surface area contributed by atoms with Gasteiger partial charge >= 0.3 is 0 Å². The van der Waals surface area contributed by atoms with E-state index in [1.54, 1.807) is 0 Å². The number of hydrogen-bond donors (Lipinski definition) is 2. The lowest BCUT2D eigenvalue weighted by Gasteiger charge is -2.30. The highest BCUT2D eigenvalue weighted by Gasteiger charge is 2.36. The van der Waals surface area contributed by atoms with Crippen LogP contribution in [0.3, 0.4) is 0 Å². The van der Waals surface area contributed by atoms with Gasteiger partial charge in [0.1, 0.15) is 6.10 Å². The maximum atomic E-state index is 11.6. The molecule has 1 unspecified atom stereocenters. The lowest BCUT2D eigenvalue weighted by Crippen LogP contribution is -2.42. The van der Waals surface area contributed by atoms with Gasteiger partial charge in [0.25, 0.3) is 0 Å². The summed E-state index contributed by atoms with van der Waals surface area (Å²) in [6.45, 7) is 4.23. The minimum atomic E-state index is -0.934. The number of carbonyl (C=O) groups excluding carboxylic acids is 1. The summed E-state index contributed by atoms with van der Waals surface area (Å²) in [5.41, 5.74) is 2.62. The molecule has 0 bridgehead atoms. The van der Waals surface area contributed by atoms with Crippen LogP contribution in [0.2, 0.25) is 0 Å². The summed E-state index contributed by atoms with van der Waals surface area (Å²) in [4.78, 5) is 11.6. The molecule has 3 heteroatoms. The molecule has 104 valence electrons. The smallest absolute Gasteiger partial charge is 0.248 e. The molecule has 1 amide bonds. The van der Waals surface area contributed by atoms with E-state index in [4.69, 9.17) is 0 Å². The molecule has 1 saturated carbocycles. The zero-order chi connectivity index (χ0) is 13.9. The van der Waals surface area contributed by atoms with Gasteiger partial charge in [-0.1, -0.05) is 42.7 Å². The van der Waals surface area contributed by atoms with Crippen molar-refractivity contribution in [3.8, 4) is 0 Å². The van der Waals surface area contributed by atoms with Crippen molar-refractivity contribution < 1.29 is 9.90 Å². The minimum Gasteiger partial charge on any atom is -0.384 e. The fourth-order valence-corrected chi connectivity index (χ4v) is 3.00. The van der Waals surface area contributed by atoms with Crippen LogP contribution in [-0.2, 0) is 10.2 Å². The van der Waals surface area contributed by atoms with Crippen LogP contribution in [0.5, 0.6) is 0 Å². The highest BCUT2D eigenvalue weighted by Crippen LogP contribution is 2.40. The third-order valence-electron chi connectivity index (χ3n) is 4.17. The van der Waals surface area contributed by atoms with Crippen LogP contribution < -0.4 is 5.32 Å². The largest absolute Gasteiger partial charge is 0.384 e. The first-order chi connectivity index (χ1) is 9.03. The van der Waals surface area contributed by atoms with E-state index >= 15 is 0 Å². The van der Waals surface area contributed by atoms with Crippen molar-refractivity contribution in [3.63, 3.8) is 0 Å². The standard InChI is InChI=1S/C16H23NO2/c1-12-6-5-7-14(10-12)16(8-3-4-9-16)11-17-15(19)13(2)18/h5-7,10,13,18H,3-4,8-9,11H2,1-2H3,(H,17,19). The van der Waals surface area contributed by atoms with Crippen molar-refractivity contribution in [2.75, 3.05) is 6.54 Å². The van der Waals surface area contributed by atoms with Crippen molar-refractivity contribution in [2.24, 2.45) is 0 Å². The summed E-state index contributed by atoms with van der Waals surface area (Å²) in [7, 11) is 0. The van der Waals surface area contributed by atoms with E-state index in [-0.39, 0.29) is 11.3 Å². The average Bonchev–Trinajstić information content (AvgIpc) is 2.86. The zero-order valence-corrected chi connectivity index (χ0v) is 11.8. The third-order valence-corrected chi connectivity index (χ3v) is 4.17. The van der Waals surface area contributed by atoms with E-state index in [2.05, 4.69) is 36.5 Å². The molecule has 1 aromatic carbocycles. The summed E-state index contributed by atoms with van der Waals surface area (Å²) in [5, 5.41) is 12.2. The number of aliphatic hydroxyl groups is 1. The zero-order valence-electron chi connectivity index (χ0n) is 11.8. The van der Waals surface area contributed by atoms with Gasteiger partial charge in [0.15, 0.2) is 0 Å². The Balaban J connectivity index is 2.16. The molecule has 1 aliphatic rings. The van der Waals surface area contributed by atoms with E-state index in [1.165, 1.54) is 30.9 Å². The topological polar surface area (TPSA) is 49.3 Å². The van der Waals surface area contributed by atoms with Crippen LogP contribution in [0.1, 0.15) is 43.7 Å². The number of rotatable bonds is 4. The Kier molecular flexibility index (Phi) is 4.25. The van der Waals surface area contributed by atoms with E-state index in [9.17, 15) is 9.90 Å². The molecule has 2 rings (SSSR count). The molecular weight excluding hydrogens is 238 g/mol. The van der Waals surface area contributed by atoms with Crippen molar-refractivity contribution in [1.29, 1.82) is 0 Å². The van der Waals surface area contributed by atoms with E-state index in [0.29, 0.717) is 6.54 Å². The second-order valence-electron chi connectivity index (χ2n) is 5.75. The first-order valence-corrected chi connectivity index (χ1v) is 7.06. The predicted octanol–water partition coefficient (Wildman–Crippen LogP) is 2.30. The summed E-state index contributed by atoms with van der Waals surface area (Å²) in [6.07, 6.45) is 3.69. The summed E-state index contributed by atoms with van der Waals surface area (Å²) >= 11 is 0. The molecule has 0 aromatic heterocycles. The molecule has 3 nitrogen and oxygen atoms in total. The van der Waals surface area contributed by atoms with Crippen LogP contribution in [0.25, 0.3) is 0 Å². The number of benzene rings is 1. The molecule has 1 aliphatic carbocycles. The van der Waals surface area contributed by atoms with Crippen molar-refractivity contribution in [3.05, 3.63) is 35.4 Å². The molecule has 0 aliphatic heterocycles. The molecule has 0 radical (unpaired) electrons. The first kappa shape index (κ1) is 14.1. The first-order valence-electron chi connectivity index (χ1n) is 7.06. The molecule has 2 N–H and O–H groups in total. The summed E-state index contributed by atoms with van der Waals surface area (Å²) in [5.74, 6) is -0.279. The maximum Gasteiger partial charge on any atom is 0.248 e. The Morgan fingerprint density at radius 3 is 2.68 bits per heavy atom. The molecule has 19 heavy (non-hydrogen) atoms. The van der Waals surface area contributed by atoms with E-state index in [0.717, 1.165) is 12.8 Å². The van der Waals surface area contributed by atoms with Crippen molar-refractivity contribution >= 4 is 5.91 Å². The monoisotopic (exact) mass is 261 g/mol. The van der Waals surface area contributed by atoms with Crippen LogP contribution in [-0.4, -0.2) is 23.7 Å². The number of amides is 1. The van der Waals surface area contributed by atoms with Crippen LogP contribution in [0.15, 0.2) is 24.3 Å². The molecule has 1 aromatic rings. The van der Waals surface area contributed by atoms with Gasteiger partial charge in [0.2, 0.25) is 5.91 Å². The predicted molar refractivity (Wildman–Crippen MR) is 76.0 cm³/mol. The van der Waals surface area contributed by atoms with E-state index in [1.807, 2.05) is 0 Å². The van der Waals surface area contributed by atoms with Gasteiger partial charge in [0, 0.05) is 12.0 Å². The fourth-order valence-electron chi connectivity index (χ4n) is 3.00. The van der Waals surface area contributed by atoms with Crippen molar-refractivity contribution in [2.45, 2.75) is 51.0 Å². The lowest BCUT2D eigenvalue weighted by atomic mass is 9.78. The van der Waals surface area contributed by atoms with E-state index < -0.39 is 6.10 Å². The van der Waals surface area contributed by atoms with Gasteiger partial charge in [-0.3, -0.25) is 4.79 Å². The Hall–Kier alpha value is -1.35. The highest BCUT2D eigenvalue weighted by molar-refractivity contribution is 5.80. The quantitative estimate of drug-likeness (QED) is 0.873. The normalized spacial score (nSPS) is 19.1. The number of carbonyl (C=O) groups is 1. The molecule has 1 fully saturated rings. The van der Waals surface area contributed by atoms with Gasteiger partial charge in [-0.15, -0.1) is 0 Å². The number of aliphatic hydroxyl groups excluding tert-OH is 1. The molecule has 0 spiro atoms. The van der Waals surface area contributed by atoms with Gasteiger partial charge in [0.05, 0.1) is 0 Å². The van der Waals surface area contributed by atoms with Gasteiger partial charge < -0.3 is 10.4 Å². The Morgan fingerprint density at radius 2 is 2.11 bits per heavy atom. The minimum absolute atomic E-state index is 0.0522. The summed E-state index contributed by atoms with van der Waals surface area (Å²) in [6, 6.07) is 8.56. The Morgan fingerprint density at radius 1 is 1.42 bits per heavy atom. The second-order valence-corrected chi connectivity index (χ2v) is 5.75. The maximum absolute atomic E-state index is 11.6. The molecular formula is C16H23NO2. The van der Waals surface area contributed by atoms with Crippen LogP contribution in [0.4, 0.5) is 0 Å². The molecule has 0 heterocycles. The second kappa shape index (κ2) is 5.74. The number of aryl methyl sites for hydroxylation is 1. The third kappa shape index (κ3) is 3.16. The lowest BCUT2D eigenvalue weighted by molar-refractivity contribution is -0.128. The number of hydrogen-bond acceptors (Lipinski definition) is 2. The Labute approximate surface area is 115 Å². The SMILES string of the molecule is Cc1cccc(C2(CNC(=O)C(C)O)CCCC2)c1. The fraction of sp³-hybridized carbons (Fsp3) is 0.562. The molecule has 0 saturated heterocycles. The van der Waals surface area contributed by atoms with Crippen LogP contribution >= 0.6 is 0 Å². The van der Waals surface area contributed by atoms with Gasteiger partial charge in [-0.25, -0.2) is 0 Å². The summed E-state index contributed by atoms with van der Waals surface area (Å²) < 4.78 is 0.